The minimum Gasteiger partial charge on any atom is -0.160 e. The summed E-state index contributed by atoms with van der Waals surface area (Å²) in [5.74, 6) is 0.579. The minimum absolute atomic E-state index is 0.0660. The van der Waals surface area contributed by atoms with Crippen molar-refractivity contribution in [2.24, 2.45) is 5.41 Å². The van der Waals surface area contributed by atoms with Crippen LogP contribution in [0.3, 0.4) is 0 Å². The second-order valence-electron chi connectivity index (χ2n) is 4.13. The molecule has 0 aromatic heterocycles. The topological polar surface area (TPSA) is 0 Å². The van der Waals surface area contributed by atoms with Crippen molar-refractivity contribution < 1.29 is 13.2 Å². The van der Waals surface area contributed by atoms with E-state index in [0.29, 0.717) is 12.3 Å². The van der Waals surface area contributed by atoms with Crippen molar-refractivity contribution >= 4 is 23.4 Å². The van der Waals surface area contributed by atoms with Gasteiger partial charge in [-0.3, -0.25) is 0 Å². The van der Waals surface area contributed by atoms with Gasteiger partial charge in [-0.15, -0.1) is 11.6 Å². The van der Waals surface area contributed by atoms with Crippen molar-refractivity contribution in [3.8, 4) is 0 Å². The lowest BCUT2D eigenvalue weighted by Crippen LogP contribution is -2.23. The van der Waals surface area contributed by atoms with Crippen molar-refractivity contribution in [2.75, 3.05) is 11.6 Å². The average Bonchev–Trinajstić information content (AvgIpc) is 2.22. The van der Waals surface area contributed by atoms with E-state index in [4.69, 9.17) is 11.6 Å². The summed E-state index contributed by atoms with van der Waals surface area (Å²) < 4.78 is 36.1. The van der Waals surface area contributed by atoms with Gasteiger partial charge in [0.1, 0.15) is 0 Å². The first kappa shape index (κ1) is 16.4. The molecule has 0 aromatic carbocycles. The van der Waals surface area contributed by atoms with Crippen LogP contribution in [0, 0.1) is 5.41 Å². The molecule has 0 N–H and O–H groups in total. The molecule has 0 saturated heterocycles. The fourth-order valence-corrected chi connectivity index (χ4v) is 2.86. The van der Waals surface area contributed by atoms with E-state index in [-0.39, 0.29) is 22.9 Å². The molecular formula is C11H20ClF3S. The Hall–Kier alpha value is 0.430. The van der Waals surface area contributed by atoms with E-state index in [1.807, 2.05) is 6.92 Å². The highest BCUT2D eigenvalue weighted by Crippen LogP contribution is 2.38. The Balaban J connectivity index is 4.11. The SMILES string of the molecule is CCCCC(CC)(CCl)CCSC(F)(F)F. The average molecular weight is 277 g/mol. The molecular weight excluding hydrogens is 257 g/mol. The van der Waals surface area contributed by atoms with E-state index in [1.54, 1.807) is 0 Å². The van der Waals surface area contributed by atoms with Gasteiger partial charge in [-0.2, -0.15) is 13.2 Å². The molecule has 98 valence electrons. The number of alkyl halides is 4. The van der Waals surface area contributed by atoms with Gasteiger partial charge in [0.25, 0.3) is 0 Å². The Morgan fingerprint density at radius 3 is 2.12 bits per heavy atom. The first-order valence-electron chi connectivity index (χ1n) is 5.66. The number of hydrogen-bond donors (Lipinski definition) is 0. The van der Waals surface area contributed by atoms with Crippen LogP contribution in [0.4, 0.5) is 13.2 Å². The van der Waals surface area contributed by atoms with Crippen LogP contribution >= 0.6 is 23.4 Å². The van der Waals surface area contributed by atoms with E-state index >= 15 is 0 Å². The summed E-state index contributed by atoms with van der Waals surface area (Å²) >= 11 is 5.99. The fourth-order valence-electron chi connectivity index (χ4n) is 1.64. The third kappa shape index (κ3) is 6.89. The maximum atomic E-state index is 12.0. The number of hydrogen-bond acceptors (Lipinski definition) is 1. The van der Waals surface area contributed by atoms with E-state index in [2.05, 4.69) is 6.92 Å². The van der Waals surface area contributed by atoms with Crippen LogP contribution in [0.15, 0.2) is 0 Å². The molecule has 0 saturated carbocycles. The molecule has 0 aliphatic rings. The molecule has 0 fully saturated rings. The highest BCUT2D eigenvalue weighted by molar-refractivity contribution is 8.00. The van der Waals surface area contributed by atoms with Crippen molar-refractivity contribution in [3.05, 3.63) is 0 Å². The molecule has 5 heteroatoms. The molecule has 0 spiro atoms. The first-order valence-corrected chi connectivity index (χ1v) is 7.18. The molecule has 0 aromatic rings. The van der Waals surface area contributed by atoms with Gasteiger partial charge in [0.2, 0.25) is 0 Å². The zero-order valence-corrected chi connectivity index (χ0v) is 11.4. The molecule has 0 radical (unpaired) electrons. The first-order chi connectivity index (χ1) is 7.39. The summed E-state index contributed by atoms with van der Waals surface area (Å²) in [6.45, 7) is 4.09. The Bertz CT molecular complexity index is 179. The van der Waals surface area contributed by atoms with Crippen LogP contribution < -0.4 is 0 Å². The monoisotopic (exact) mass is 276 g/mol. The van der Waals surface area contributed by atoms with Crippen molar-refractivity contribution in [2.45, 2.75) is 51.5 Å². The van der Waals surface area contributed by atoms with E-state index < -0.39 is 5.51 Å². The molecule has 0 heterocycles. The van der Waals surface area contributed by atoms with Gasteiger partial charge in [-0.1, -0.05) is 38.5 Å². The summed E-state index contributed by atoms with van der Waals surface area (Å²) in [6.07, 6.45) is 4.44. The maximum Gasteiger partial charge on any atom is 0.441 e. The normalized spacial score (nSPS) is 16.1. The van der Waals surface area contributed by atoms with E-state index in [1.165, 1.54) is 0 Å². The van der Waals surface area contributed by atoms with Gasteiger partial charge in [0.15, 0.2) is 0 Å². The Morgan fingerprint density at radius 2 is 1.75 bits per heavy atom. The van der Waals surface area contributed by atoms with Crippen LogP contribution in [0.25, 0.3) is 0 Å². The second kappa shape index (κ2) is 7.70. The lowest BCUT2D eigenvalue weighted by atomic mass is 9.80. The Morgan fingerprint density at radius 1 is 1.12 bits per heavy atom. The zero-order chi connectivity index (χ0) is 12.7. The van der Waals surface area contributed by atoms with E-state index in [9.17, 15) is 13.2 Å². The molecule has 0 amide bonds. The van der Waals surface area contributed by atoms with Gasteiger partial charge >= 0.3 is 5.51 Å². The van der Waals surface area contributed by atoms with Crippen molar-refractivity contribution in [1.29, 1.82) is 0 Å². The number of thioether (sulfide) groups is 1. The van der Waals surface area contributed by atoms with E-state index in [0.717, 1.165) is 25.7 Å². The molecule has 0 bridgehead atoms. The number of rotatable bonds is 8. The largest absolute Gasteiger partial charge is 0.441 e. The summed E-state index contributed by atoms with van der Waals surface area (Å²) in [5.41, 5.74) is -4.22. The second-order valence-corrected chi connectivity index (χ2v) is 5.56. The van der Waals surface area contributed by atoms with Crippen molar-refractivity contribution in [3.63, 3.8) is 0 Å². The third-order valence-corrected chi connectivity index (χ3v) is 4.29. The summed E-state index contributed by atoms with van der Waals surface area (Å²) in [6, 6.07) is 0. The molecule has 1 unspecified atom stereocenters. The standard InChI is InChI=1S/C11H20ClF3S/c1-3-5-6-10(4-2,9-12)7-8-16-11(13,14)15/h3-9H2,1-2H3. The molecule has 0 aliphatic carbocycles. The van der Waals surface area contributed by atoms with Crippen LogP contribution in [-0.2, 0) is 0 Å². The summed E-state index contributed by atoms with van der Waals surface area (Å²) in [4.78, 5) is 0. The molecule has 16 heavy (non-hydrogen) atoms. The highest BCUT2D eigenvalue weighted by atomic mass is 35.5. The maximum absolute atomic E-state index is 12.0. The Labute approximate surface area is 105 Å². The van der Waals surface area contributed by atoms with Gasteiger partial charge in [-0.25, -0.2) is 0 Å². The minimum atomic E-state index is -4.11. The molecule has 0 rings (SSSR count). The fraction of sp³-hybridized carbons (Fsp3) is 1.00. The predicted molar refractivity (Wildman–Crippen MR) is 66.1 cm³/mol. The molecule has 1 atom stereocenters. The summed E-state index contributed by atoms with van der Waals surface area (Å²) in [7, 11) is 0. The van der Waals surface area contributed by atoms with Crippen LogP contribution in [-0.4, -0.2) is 17.1 Å². The summed E-state index contributed by atoms with van der Waals surface area (Å²) in [5, 5.41) is 0. The highest BCUT2D eigenvalue weighted by Gasteiger charge is 2.31. The third-order valence-electron chi connectivity index (χ3n) is 2.99. The van der Waals surface area contributed by atoms with Crippen LogP contribution in [0.2, 0.25) is 0 Å². The Kier molecular flexibility index (Phi) is 7.90. The quantitative estimate of drug-likeness (QED) is 0.531. The zero-order valence-electron chi connectivity index (χ0n) is 9.87. The van der Waals surface area contributed by atoms with Gasteiger partial charge < -0.3 is 0 Å². The van der Waals surface area contributed by atoms with Crippen LogP contribution in [0.1, 0.15) is 46.0 Å². The molecule has 0 aliphatic heterocycles. The predicted octanol–water partition coefficient (Wildman–Crippen LogP) is 5.45. The van der Waals surface area contributed by atoms with Gasteiger partial charge in [0, 0.05) is 11.6 Å². The lowest BCUT2D eigenvalue weighted by Gasteiger charge is -2.30. The lowest BCUT2D eigenvalue weighted by molar-refractivity contribution is -0.0329. The number of halogens is 4. The number of unbranched alkanes of at least 4 members (excludes halogenated alkanes) is 1. The van der Waals surface area contributed by atoms with Gasteiger partial charge in [0.05, 0.1) is 0 Å². The molecule has 0 nitrogen and oxygen atoms in total. The smallest absolute Gasteiger partial charge is 0.160 e. The van der Waals surface area contributed by atoms with Crippen molar-refractivity contribution in [1.82, 2.24) is 0 Å². The van der Waals surface area contributed by atoms with Crippen LogP contribution in [0.5, 0.6) is 0 Å². The van der Waals surface area contributed by atoms with Gasteiger partial charge in [-0.05, 0) is 24.7 Å².